The number of hydrogen-bond acceptors (Lipinski definition) is 5. The molecule has 0 spiro atoms. The van der Waals surface area contributed by atoms with Crippen molar-refractivity contribution in [2.45, 2.75) is 39.4 Å². The van der Waals surface area contributed by atoms with Gasteiger partial charge < -0.3 is 19.3 Å². The average Bonchev–Trinajstić information content (AvgIpc) is 2.68. The predicted octanol–water partition coefficient (Wildman–Crippen LogP) is 3.68. The van der Waals surface area contributed by atoms with E-state index in [9.17, 15) is 4.79 Å². The number of carbonyl (C=O) groups is 1. The average molecular weight is 370 g/mol. The Kier molecular flexibility index (Phi) is 6.01. The van der Waals surface area contributed by atoms with Gasteiger partial charge in [-0.3, -0.25) is 0 Å². The highest BCUT2D eigenvalue weighted by Crippen LogP contribution is 2.34. The van der Waals surface area contributed by atoms with Crippen molar-refractivity contribution in [3.8, 4) is 11.5 Å². The molecule has 1 N–H and O–H groups in total. The molecule has 1 aliphatic heterocycles. The molecule has 0 saturated heterocycles. The number of ether oxygens (including phenoxy) is 3. The summed E-state index contributed by atoms with van der Waals surface area (Å²) in [5.41, 5.74) is 3.36. The summed E-state index contributed by atoms with van der Waals surface area (Å²) < 4.78 is 16.9. The highest BCUT2D eigenvalue weighted by Gasteiger charge is 2.33. The summed E-state index contributed by atoms with van der Waals surface area (Å²) in [6.45, 7) is 4.37. The fourth-order valence-electron chi connectivity index (χ4n) is 3.35. The van der Waals surface area contributed by atoms with Crippen LogP contribution in [-0.2, 0) is 17.8 Å². The van der Waals surface area contributed by atoms with Crippen LogP contribution < -0.4 is 9.47 Å². The van der Waals surface area contributed by atoms with E-state index >= 15 is 0 Å². The second kappa shape index (κ2) is 8.44. The summed E-state index contributed by atoms with van der Waals surface area (Å²) in [6, 6.07) is 11.6. The first-order valence-electron chi connectivity index (χ1n) is 9.23. The lowest BCUT2D eigenvalue weighted by Crippen LogP contribution is -2.33. The molecule has 0 aliphatic carbocycles. The number of aliphatic hydroxyl groups excluding tert-OH is 1. The fourth-order valence-corrected chi connectivity index (χ4v) is 3.35. The molecular formula is C22H26O5. The number of aryl methyl sites for hydroxylation is 1. The second-order valence-corrected chi connectivity index (χ2v) is 7.02. The van der Waals surface area contributed by atoms with Crippen LogP contribution >= 0.6 is 0 Å². The van der Waals surface area contributed by atoms with Crippen molar-refractivity contribution in [2.75, 3.05) is 13.7 Å². The van der Waals surface area contributed by atoms with Crippen LogP contribution in [0.1, 0.15) is 40.4 Å². The van der Waals surface area contributed by atoms with E-state index in [1.54, 1.807) is 7.11 Å². The predicted molar refractivity (Wildman–Crippen MR) is 102 cm³/mol. The van der Waals surface area contributed by atoms with Crippen molar-refractivity contribution in [1.29, 1.82) is 0 Å². The zero-order valence-electron chi connectivity index (χ0n) is 16.0. The minimum atomic E-state index is -0.348. The van der Waals surface area contributed by atoms with Gasteiger partial charge >= 0.3 is 5.97 Å². The van der Waals surface area contributed by atoms with Crippen molar-refractivity contribution in [2.24, 2.45) is 5.92 Å². The van der Waals surface area contributed by atoms with Gasteiger partial charge in [0.25, 0.3) is 0 Å². The second-order valence-electron chi connectivity index (χ2n) is 7.02. The molecule has 2 aromatic rings. The Bertz CT molecular complexity index is 797. The van der Waals surface area contributed by atoms with E-state index < -0.39 is 0 Å². The number of carbonyl (C=O) groups excluding carboxylic acids is 1. The van der Waals surface area contributed by atoms with E-state index in [1.807, 2.05) is 50.2 Å². The van der Waals surface area contributed by atoms with Crippen LogP contribution in [0.25, 0.3) is 0 Å². The van der Waals surface area contributed by atoms with E-state index in [1.165, 1.54) is 0 Å². The molecule has 2 atom stereocenters. The highest BCUT2D eigenvalue weighted by atomic mass is 16.5. The Morgan fingerprint density at radius 3 is 2.63 bits per heavy atom. The van der Waals surface area contributed by atoms with Crippen molar-refractivity contribution in [3.05, 3.63) is 58.7 Å². The lowest BCUT2D eigenvalue weighted by molar-refractivity contribution is 0.00723. The van der Waals surface area contributed by atoms with Crippen molar-refractivity contribution in [3.63, 3.8) is 0 Å². The maximum atomic E-state index is 12.7. The Morgan fingerprint density at radius 1 is 1.22 bits per heavy atom. The van der Waals surface area contributed by atoms with Gasteiger partial charge in [-0.2, -0.15) is 0 Å². The maximum absolute atomic E-state index is 12.7. The number of cyclic esters (lactones) is 1. The SMILES string of the molecule is COc1ccc(COc2c(C)ccc3c2C(=O)O[C@@H]([C@@H](C)CCO)C3)cc1. The summed E-state index contributed by atoms with van der Waals surface area (Å²) in [5.74, 6) is 1.14. The number of aliphatic hydroxyl groups is 1. The van der Waals surface area contributed by atoms with E-state index in [-0.39, 0.29) is 24.6 Å². The molecule has 144 valence electrons. The summed E-state index contributed by atoms with van der Waals surface area (Å²) in [6.07, 6.45) is 1.04. The van der Waals surface area contributed by atoms with E-state index in [4.69, 9.17) is 19.3 Å². The molecule has 0 saturated carbocycles. The lowest BCUT2D eigenvalue weighted by Gasteiger charge is -2.30. The van der Waals surface area contributed by atoms with Crippen LogP contribution in [0.15, 0.2) is 36.4 Å². The van der Waals surface area contributed by atoms with Crippen molar-refractivity contribution < 1.29 is 24.1 Å². The first-order valence-corrected chi connectivity index (χ1v) is 9.23. The molecule has 0 unspecified atom stereocenters. The standard InChI is InChI=1S/C22H26O5/c1-14(10-11-23)19-12-17-7-4-15(2)21(20(17)22(24)27-19)26-13-16-5-8-18(25-3)9-6-16/h4-9,14,19,23H,10-13H2,1-3H3/t14-,19+/m0/s1. The Hall–Kier alpha value is -2.53. The molecule has 0 amide bonds. The molecule has 2 aromatic carbocycles. The Balaban J connectivity index is 1.80. The fraction of sp³-hybridized carbons (Fsp3) is 0.409. The van der Waals surface area contributed by atoms with Gasteiger partial charge in [0.15, 0.2) is 0 Å². The zero-order valence-corrected chi connectivity index (χ0v) is 16.0. The monoisotopic (exact) mass is 370 g/mol. The molecule has 0 aromatic heterocycles. The van der Waals surface area contributed by atoms with Crippen LogP contribution in [0.5, 0.6) is 11.5 Å². The van der Waals surface area contributed by atoms with E-state index in [0.29, 0.717) is 30.8 Å². The molecule has 0 bridgehead atoms. The van der Waals surface area contributed by atoms with E-state index in [0.717, 1.165) is 22.4 Å². The molecule has 0 radical (unpaired) electrons. The van der Waals surface area contributed by atoms with Gasteiger partial charge in [0, 0.05) is 13.0 Å². The molecule has 1 heterocycles. The molecule has 27 heavy (non-hydrogen) atoms. The minimum absolute atomic E-state index is 0.0895. The summed E-state index contributed by atoms with van der Waals surface area (Å²) >= 11 is 0. The molecule has 5 heteroatoms. The quantitative estimate of drug-likeness (QED) is 0.753. The van der Waals surface area contributed by atoms with Gasteiger partial charge in [0.05, 0.1) is 7.11 Å². The molecule has 1 aliphatic rings. The Labute approximate surface area is 159 Å². The van der Waals surface area contributed by atoms with Gasteiger partial charge in [-0.05, 0) is 48.1 Å². The van der Waals surface area contributed by atoms with Crippen molar-refractivity contribution >= 4 is 5.97 Å². The van der Waals surface area contributed by atoms with Gasteiger partial charge in [-0.25, -0.2) is 4.79 Å². The van der Waals surface area contributed by atoms with Crippen LogP contribution in [0, 0.1) is 12.8 Å². The number of fused-ring (bicyclic) bond motifs is 1. The summed E-state index contributed by atoms with van der Waals surface area (Å²) in [7, 11) is 1.63. The summed E-state index contributed by atoms with van der Waals surface area (Å²) in [5, 5.41) is 9.15. The molecular weight excluding hydrogens is 344 g/mol. The third-order valence-corrected chi connectivity index (χ3v) is 5.09. The van der Waals surface area contributed by atoms with Gasteiger partial charge in [0.1, 0.15) is 29.8 Å². The topological polar surface area (TPSA) is 65.0 Å². The first-order chi connectivity index (χ1) is 13.0. The molecule has 3 rings (SSSR count). The van der Waals surface area contributed by atoms with E-state index in [2.05, 4.69) is 0 Å². The number of hydrogen-bond donors (Lipinski definition) is 1. The third-order valence-electron chi connectivity index (χ3n) is 5.09. The van der Waals surface area contributed by atoms with Crippen LogP contribution in [0.4, 0.5) is 0 Å². The van der Waals surface area contributed by atoms with Gasteiger partial charge in [0.2, 0.25) is 0 Å². The van der Waals surface area contributed by atoms with Crippen LogP contribution in [0.2, 0.25) is 0 Å². The van der Waals surface area contributed by atoms with Crippen molar-refractivity contribution in [1.82, 2.24) is 0 Å². The smallest absolute Gasteiger partial charge is 0.342 e. The number of rotatable bonds is 7. The highest BCUT2D eigenvalue weighted by molar-refractivity contribution is 5.95. The number of benzene rings is 2. The zero-order chi connectivity index (χ0) is 19.4. The van der Waals surface area contributed by atoms with Crippen LogP contribution in [-0.4, -0.2) is 30.9 Å². The summed E-state index contributed by atoms with van der Waals surface area (Å²) in [4.78, 5) is 12.7. The normalized spacial score (nSPS) is 17.0. The van der Waals surface area contributed by atoms with Gasteiger partial charge in [-0.1, -0.05) is 31.2 Å². The Morgan fingerprint density at radius 2 is 1.96 bits per heavy atom. The maximum Gasteiger partial charge on any atom is 0.342 e. The number of methoxy groups -OCH3 is 1. The van der Waals surface area contributed by atoms with Gasteiger partial charge in [-0.15, -0.1) is 0 Å². The minimum Gasteiger partial charge on any atom is -0.497 e. The lowest BCUT2D eigenvalue weighted by atomic mass is 9.89. The largest absolute Gasteiger partial charge is 0.497 e. The first kappa shape index (κ1) is 19.2. The molecule has 5 nitrogen and oxygen atoms in total. The molecule has 0 fully saturated rings. The van der Waals surface area contributed by atoms with Crippen LogP contribution in [0.3, 0.4) is 0 Å². The third kappa shape index (κ3) is 4.25. The number of esters is 1.